The van der Waals surface area contributed by atoms with Gasteiger partial charge in [0.2, 0.25) is 5.91 Å². The Balaban J connectivity index is 1.89. The Bertz CT molecular complexity index is 749. The van der Waals surface area contributed by atoms with Crippen LogP contribution in [0.3, 0.4) is 0 Å². The molecule has 5 nitrogen and oxygen atoms in total. The first-order chi connectivity index (χ1) is 12.6. The van der Waals surface area contributed by atoms with Crippen LogP contribution in [0.15, 0.2) is 54.6 Å². The number of carbonyl (C=O) groups excluding carboxylic acids is 2. The van der Waals surface area contributed by atoms with Crippen molar-refractivity contribution in [3.63, 3.8) is 0 Å². The van der Waals surface area contributed by atoms with Gasteiger partial charge in [-0.15, -0.1) is 0 Å². The van der Waals surface area contributed by atoms with E-state index >= 15 is 0 Å². The van der Waals surface area contributed by atoms with Gasteiger partial charge >= 0.3 is 5.97 Å². The van der Waals surface area contributed by atoms with Gasteiger partial charge in [0.05, 0.1) is 18.8 Å². The third kappa shape index (κ3) is 6.09. The van der Waals surface area contributed by atoms with Crippen LogP contribution < -0.4 is 10.1 Å². The van der Waals surface area contributed by atoms with Gasteiger partial charge in [0.15, 0.2) is 0 Å². The Kier molecular flexibility index (Phi) is 7.43. The van der Waals surface area contributed by atoms with E-state index in [9.17, 15) is 9.59 Å². The van der Waals surface area contributed by atoms with E-state index in [1.54, 1.807) is 37.3 Å². The molecule has 0 heterocycles. The number of hydrogen-bond donors (Lipinski definition) is 1. The van der Waals surface area contributed by atoms with Gasteiger partial charge in [0, 0.05) is 11.8 Å². The molecule has 0 aromatic heterocycles. The van der Waals surface area contributed by atoms with Crippen molar-refractivity contribution in [3.8, 4) is 5.75 Å². The molecule has 0 radical (unpaired) electrons. The molecule has 0 unspecified atom stereocenters. The predicted molar refractivity (Wildman–Crippen MR) is 102 cm³/mol. The molecule has 0 saturated carbocycles. The minimum absolute atomic E-state index is 0.250. The average Bonchev–Trinajstić information content (AvgIpc) is 2.66. The van der Waals surface area contributed by atoms with Crippen molar-refractivity contribution in [1.82, 2.24) is 0 Å². The first-order valence-electron chi connectivity index (χ1n) is 8.61. The molecule has 0 saturated heterocycles. The lowest BCUT2D eigenvalue weighted by Gasteiger charge is -2.05. The van der Waals surface area contributed by atoms with E-state index in [4.69, 9.17) is 9.47 Å². The Morgan fingerprint density at radius 2 is 1.69 bits per heavy atom. The van der Waals surface area contributed by atoms with E-state index in [2.05, 4.69) is 12.2 Å². The zero-order chi connectivity index (χ0) is 18.8. The van der Waals surface area contributed by atoms with Crippen molar-refractivity contribution in [3.05, 3.63) is 65.7 Å². The van der Waals surface area contributed by atoms with Crippen molar-refractivity contribution < 1.29 is 19.1 Å². The summed E-state index contributed by atoms with van der Waals surface area (Å²) in [7, 11) is 0. The smallest absolute Gasteiger partial charge is 0.338 e. The first-order valence-corrected chi connectivity index (χ1v) is 8.61. The Morgan fingerprint density at radius 1 is 1.00 bits per heavy atom. The van der Waals surface area contributed by atoms with E-state index in [1.807, 2.05) is 24.3 Å². The Labute approximate surface area is 153 Å². The average molecular weight is 353 g/mol. The van der Waals surface area contributed by atoms with Crippen molar-refractivity contribution >= 4 is 23.6 Å². The summed E-state index contributed by atoms with van der Waals surface area (Å²) in [6, 6.07) is 14.1. The van der Waals surface area contributed by atoms with Crippen LogP contribution in [0.5, 0.6) is 5.75 Å². The lowest BCUT2D eigenvalue weighted by atomic mass is 10.2. The van der Waals surface area contributed by atoms with Gasteiger partial charge in [0.25, 0.3) is 0 Å². The standard InChI is InChI=1S/C21H23NO4/c1-3-15-26-19-12-5-16(6-13-19)7-14-20(23)22-18-10-8-17(9-11-18)21(24)25-4-2/h5-14H,3-4,15H2,1-2H3,(H,22,23). The molecule has 5 heteroatoms. The van der Waals surface area contributed by atoms with Crippen LogP contribution in [0, 0.1) is 0 Å². The van der Waals surface area contributed by atoms with Crippen molar-refractivity contribution in [2.45, 2.75) is 20.3 Å². The van der Waals surface area contributed by atoms with Crippen LogP contribution in [0.25, 0.3) is 6.08 Å². The second kappa shape index (κ2) is 10.0. The third-order valence-electron chi connectivity index (χ3n) is 3.44. The van der Waals surface area contributed by atoms with Crippen molar-refractivity contribution in [2.75, 3.05) is 18.5 Å². The molecule has 2 aromatic carbocycles. The van der Waals surface area contributed by atoms with Crippen LogP contribution in [0.4, 0.5) is 5.69 Å². The highest BCUT2D eigenvalue weighted by Crippen LogP contribution is 2.14. The SMILES string of the molecule is CCCOc1ccc(C=CC(=O)Nc2ccc(C(=O)OCC)cc2)cc1. The molecule has 0 atom stereocenters. The number of carbonyl (C=O) groups is 2. The van der Waals surface area contributed by atoms with E-state index < -0.39 is 0 Å². The third-order valence-corrected chi connectivity index (χ3v) is 3.44. The summed E-state index contributed by atoms with van der Waals surface area (Å²) in [6.07, 6.45) is 4.15. The number of ether oxygens (including phenoxy) is 2. The molecule has 0 spiro atoms. The van der Waals surface area contributed by atoms with E-state index in [0.29, 0.717) is 24.5 Å². The summed E-state index contributed by atoms with van der Waals surface area (Å²) < 4.78 is 10.4. The van der Waals surface area contributed by atoms with Gasteiger partial charge in [-0.3, -0.25) is 4.79 Å². The van der Waals surface area contributed by atoms with E-state index in [1.165, 1.54) is 6.08 Å². The molecule has 1 N–H and O–H groups in total. The number of hydrogen-bond acceptors (Lipinski definition) is 4. The maximum absolute atomic E-state index is 12.0. The van der Waals surface area contributed by atoms with Gasteiger partial charge in [-0.25, -0.2) is 4.79 Å². The molecule has 0 bridgehead atoms. The number of benzene rings is 2. The monoisotopic (exact) mass is 353 g/mol. The molecule has 2 rings (SSSR count). The summed E-state index contributed by atoms with van der Waals surface area (Å²) in [5, 5.41) is 2.75. The molecule has 136 valence electrons. The largest absolute Gasteiger partial charge is 0.494 e. The molecule has 0 aliphatic rings. The minimum atomic E-state index is -0.378. The second-order valence-corrected chi connectivity index (χ2v) is 5.54. The maximum atomic E-state index is 12.0. The van der Waals surface area contributed by atoms with E-state index in [-0.39, 0.29) is 11.9 Å². The summed E-state index contributed by atoms with van der Waals surface area (Å²) in [6.45, 7) is 4.82. The molecular weight excluding hydrogens is 330 g/mol. The van der Waals surface area contributed by atoms with Crippen LogP contribution >= 0.6 is 0 Å². The van der Waals surface area contributed by atoms with Crippen LogP contribution in [-0.4, -0.2) is 25.1 Å². The highest BCUT2D eigenvalue weighted by Gasteiger charge is 2.06. The van der Waals surface area contributed by atoms with E-state index in [0.717, 1.165) is 17.7 Å². The normalized spacial score (nSPS) is 10.5. The number of esters is 1. The summed E-state index contributed by atoms with van der Waals surface area (Å²) in [4.78, 5) is 23.6. The van der Waals surface area contributed by atoms with Crippen LogP contribution in [-0.2, 0) is 9.53 Å². The summed E-state index contributed by atoms with van der Waals surface area (Å²) >= 11 is 0. The maximum Gasteiger partial charge on any atom is 0.338 e. The predicted octanol–water partition coefficient (Wildman–Crippen LogP) is 4.30. The van der Waals surface area contributed by atoms with Crippen LogP contribution in [0.2, 0.25) is 0 Å². The molecular formula is C21H23NO4. The van der Waals surface area contributed by atoms with Gasteiger partial charge in [0.1, 0.15) is 5.75 Å². The number of nitrogens with one attached hydrogen (secondary N) is 1. The van der Waals surface area contributed by atoms with Crippen molar-refractivity contribution in [1.29, 1.82) is 0 Å². The first kappa shape index (κ1) is 19.2. The number of amides is 1. The topological polar surface area (TPSA) is 64.6 Å². The minimum Gasteiger partial charge on any atom is -0.494 e. The second-order valence-electron chi connectivity index (χ2n) is 5.54. The number of rotatable bonds is 8. The Hall–Kier alpha value is -3.08. The molecule has 26 heavy (non-hydrogen) atoms. The van der Waals surface area contributed by atoms with Crippen LogP contribution in [0.1, 0.15) is 36.2 Å². The van der Waals surface area contributed by atoms with Gasteiger partial charge in [-0.05, 0) is 61.4 Å². The zero-order valence-corrected chi connectivity index (χ0v) is 15.0. The van der Waals surface area contributed by atoms with Crippen molar-refractivity contribution in [2.24, 2.45) is 0 Å². The lowest BCUT2D eigenvalue weighted by molar-refractivity contribution is -0.111. The molecule has 0 aliphatic heterocycles. The summed E-state index contributed by atoms with van der Waals surface area (Å²) in [5.74, 6) is 0.187. The molecule has 2 aromatic rings. The summed E-state index contributed by atoms with van der Waals surface area (Å²) in [5.41, 5.74) is 1.96. The van der Waals surface area contributed by atoms with Gasteiger partial charge in [-0.1, -0.05) is 19.1 Å². The fourth-order valence-corrected chi connectivity index (χ4v) is 2.15. The van der Waals surface area contributed by atoms with Gasteiger partial charge < -0.3 is 14.8 Å². The molecule has 0 fully saturated rings. The molecule has 0 aliphatic carbocycles. The van der Waals surface area contributed by atoms with Gasteiger partial charge in [-0.2, -0.15) is 0 Å². The lowest BCUT2D eigenvalue weighted by Crippen LogP contribution is -2.08. The fourth-order valence-electron chi connectivity index (χ4n) is 2.15. The molecule has 1 amide bonds. The highest BCUT2D eigenvalue weighted by molar-refractivity contribution is 6.02. The number of anilines is 1. The zero-order valence-electron chi connectivity index (χ0n) is 15.0. The highest BCUT2D eigenvalue weighted by atomic mass is 16.5. The fraction of sp³-hybridized carbons (Fsp3) is 0.238. The quantitative estimate of drug-likeness (QED) is 0.567. The Morgan fingerprint density at radius 3 is 2.31 bits per heavy atom.